The minimum atomic E-state index is -0.376. The molecule has 0 heterocycles. The summed E-state index contributed by atoms with van der Waals surface area (Å²) in [6, 6.07) is 11.8. The van der Waals surface area contributed by atoms with Crippen LogP contribution in [0.1, 0.15) is 18.4 Å². The van der Waals surface area contributed by atoms with Crippen molar-refractivity contribution in [1.82, 2.24) is 5.43 Å². The lowest BCUT2D eigenvalue weighted by Crippen LogP contribution is -2.16. The Morgan fingerprint density at radius 1 is 1.44 bits per heavy atom. The molecule has 0 saturated carbocycles. The van der Waals surface area contributed by atoms with Gasteiger partial charge in [0.15, 0.2) is 0 Å². The molecule has 1 aromatic carbocycles. The van der Waals surface area contributed by atoms with Crippen molar-refractivity contribution in [2.75, 3.05) is 0 Å². The Balaban J connectivity index is 2.19. The van der Waals surface area contributed by atoms with Gasteiger partial charge in [0.2, 0.25) is 0 Å². The van der Waals surface area contributed by atoms with Crippen molar-refractivity contribution < 1.29 is 4.79 Å². The van der Waals surface area contributed by atoms with Gasteiger partial charge in [0, 0.05) is 6.21 Å². The molecule has 16 heavy (non-hydrogen) atoms. The van der Waals surface area contributed by atoms with Gasteiger partial charge in [-0.2, -0.15) is 10.4 Å². The fourth-order valence-corrected chi connectivity index (χ4v) is 1.17. The lowest BCUT2D eigenvalue weighted by molar-refractivity contribution is -0.120. The van der Waals surface area contributed by atoms with E-state index in [1.807, 2.05) is 30.3 Å². The highest BCUT2D eigenvalue weighted by Gasteiger charge is 1.94. The number of hydrazone groups is 1. The predicted octanol–water partition coefficient (Wildman–Crippen LogP) is 1.63. The zero-order chi connectivity index (χ0) is 11.6. The number of hydrogen-bond acceptors (Lipinski definition) is 3. The summed E-state index contributed by atoms with van der Waals surface area (Å²) in [5.74, 6) is -0.376. The van der Waals surface area contributed by atoms with Crippen LogP contribution in [0.5, 0.6) is 0 Å². The molecule has 0 saturated heterocycles. The zero-order valence-corrected chi connectivity index (χ0v) is 8.89. The van der Waals surface area contributed by atoms with E-state index in [-0.39, 0.29) is 12.3 Å². The molecule has 4 heteroatoms. The standard InChI is InChI=1S/C12H13N3O/c13-9-8-12(16)15-14-10-4-7-11-5-2-1-3-6-11/h1-3,5-6,10H,4,7-8H2,(H,15,16)/b14-10+. The Hall–Kier alpha value is -2.15. The Morgan fingerprint density at radius 3 is 2.88 bits per heavy atom. The van der Waals surface area contributed by atoms with Crippen LogP contribution in [-0.4, -0.2) is 12.1 Å². The molecule has 0 bridgehead atoms. The molecule has 82 valence electrons. The zero-order valence-electron chi connectivity index (χ0n) is 8.89. The number of carbonyl (C=O) groups is 1. The third-order valence-corrected chi connectivity index (χ3v) is 1.93. The summed E-state index contributed by atoms with van der Waals surface area (Å²) >= 11 is 0. The van der Waals surface area contributed by atoms with E-state index < -0.39 is 0 Å². The van der Waals surface area contributed by atoms with E-state index in [1.165, 1.54) is 5.56 Å². The molecule has 4 nitrogen and oxygen atoms in total. The second kappa shape index (κ2) is 7.18. The predicted molar refractivity (Wildman–Crippen MR) is 61.6 cm³/mol. The highest BCUT2D eigenvalue weighted by atomic mass is 16.2. The molecular weight excluding hydrogens is 202 g/mol. The van der Waals surface area contributed by atoms with E-state index >= 15 is 0 Å². The van der Waals surface area contributed by atoms with Crippen LogP contribution in [-0.2, 0) is 11.2 Å². The molecule has 0 aromatic heterocycles. The molecule has 1 N–H and O–H groups in total. The molecule has 0 spiro atoms. The molecule has 1 amide bonds. The highest BCUT2D eigenvalue weighted by Crippen LogP contribution is 2.00. The first kappa shape index (κ1) is 11.9. The maximum Gasteiger partial charge on any atom is 0.254 e. The summed E-state index contributed by atoms with van der Waals surface area (Å²) in [5, 5.41) is 12.0. The Labute approximate surface area is 94.6 Å². The van der Waals surface area contributed by atoms with E-state index in [0.717, 1.165) is 12.8 Å². The van der Waals surface area contributed by atoms with Crippen LogP contribution in [0.2, 0.25) is 0 Å². The van der Waals surface area contributed by atoms with Crippen molar-refractivity contribution in [3.8, 4) is 6.07 Å². The quantitative estimate of drug-likeness (QED) is 0.599. The lowest BCUT2D eigenvalue weighted by Gasteiger charge is -1.96. The number of nitriles is 1. The van der Waals surface area contributed by atoms with Crippen molar-refractivity contribution in [2.24, 2.45) is 5.10 Å². The number of amides is 1. The number of nitrogens with zero attached hydrogens (tertiary/aromatic N) is 2. The van der Waals surface area contributed by atoms with Crippen molar-refractivity contribution >= 4 is 12.1 Å². The van der Waals surface area contributed by atoms with Gasteiger partial charge in [-0.05, 0) is 18.4 Å². The molecule has 0 aliphatic heterocycles. The number of aryl methyl sites for hydroxylation is 1. The third-order valence-electron chi connectivity index (χ3n) is 1.93. The summed E-state index contributed by atoms with van der Waals surface area (Å²) in [4.78, 5) is 10.8. The van der Waals surface area contributed by atoms with Gasteiger partial charge in [0.25, 0.3) is 5.91 Å². The SMILES string of the molecule is N#CCC(=O)N/N=C/CCc1ccccc1. The smallest absolute Gasteiger partial charge is 0.254 e. The van der Waals surface area contributed by atoms with Crippen LogP contribution in [0, 0.1) is 11.3 Å². The van der Waals surface area contributed by atoms with Gasteiger partial charge >= 0.3 is 0 Å². The fraction of sp³-hybridized carbons (Fsp3) is 0.250. The van der Waals surface area contributed by atoms with Gasteiger partial charge in [0.05, 0.1) is 6.07 Å². The van der Waals surface area contributed by atoms with Crippen LogP contribution in [0.15, 0.2) is 35.4 Å². The number of rotatable bonds is 5. The van der Waals surface area contributed by atoms with E-state index in [2.05, 4.69) is 10.5 Å². The normalized spacial score (nSPS) is 9.94. The minimum Gasteiger partial charge on any atom is -0.272 e. The van der Waals surface area contributed by atoms with Crippen LogP contribution < -0.4 is 5.43 Å². The molecule has 0 unspecified atom stereocenters. The van der Waals surface area contributed by atoms with Gasteiger partial charge in [-0.15, -0.1) is 0 Å². The van der Waals surface area contributed by atoms with Crippen LogP contribution >= 0.6 is 0 Å². The highest BCUT2D eigenvalue weighted by molar-refractivity contribution is 5.78. The van der Waals surface area contributed by atoms with Crippen molar-refractivity contribution in [1.29, 1.82) is 5.26 Å². The maximum atomic E-state index is 10.8. The minimum absolute atomic E-state index is 0.157. The second-order valence-electron chi connectivity index (χ2n) is 3.21. The third kappa shape index (κ3) is 4.91. The average molecular weight is 215 g/mol. The number of nitrogens with one attached hydrogen (secondary N) is 1. The number of carbonyl (C=O) groups excluding carboxylic acids is 1. The van der Waals surface area contributed by atoms with Gasteiger partial charge in [-0.1, -0.05) is 30.3 Å². The van der Waals surface area contributed by atoms with Crippen molar-refractivity contribution in [3.63, 3.8) is 0 Å². The van der Waals surface area contributed by atoms with Crippen LogP contribution in [0.25, 0.3) is 0 Å². The average Bonchev–Trinajstić information content (AvgIpc) is 2.30. The van der Waals surface area contributed by atoms with E-state index in [1.54, 1.807) is 12.3 Å². The van der Waals surface area contributed by atoms with Crippen LogP contribution in [0.3, 0.4) is 0 Å². The largest absolute Gasteiger partial charge is 0.272 e. The van der Waals surface area contributed by atoms with E-state index in [9.17, 15) is 4.79 Å². The van der Waals surface area contributed by atoms with Crippen molar-refractivity contribution in [2.45, 2.75) is 19.3 Å². The summed E-state index contributed by atoms with van der Waals surface area (Å²) in [6.45, 7) is 0. The van der Waals surface area contributed by atoms with Crippen molar-refractivity contribution in [3.05, 3.63) is 35.9 Å². The molecule has 0 aliphatic rings. The van der Waals surface area contributed by atoms with Gasteiger partial charge in [-0.3, -0.25) is 4.79 Å². The summed E-state index contributed by atoms with van der Waals surface area (Å²) in [7, 11) is 0. The number of hydrogen-bond donors (Lipinski definition) is 1. The lowest BCUT2D eigenvalue weighted by atomic mass is 10.1. The van der Waals surface area contributed by atoms with Gasteiger partial charge < -0.3 is 0 Å². The molecule has 0 fully saturated rings. The van der Waals surface area contributed by atoms with E-state index in [0.29, 0.717) is 0 Å². The second-order valence-corrected chi connectivity index (χ2v) is 3.21. The molecule has 1 aromatic rings. The van der Waals surface area contributed by atoms with Crippen LogP contribution in [0.4, 0.5) is 0 Å². The fourth-order valence-electron chi connectivity index (χ4n) is 1.17. The number of benzene rings is 1. The van der Waals surface area contributed by atoms with E-state index in [4.69, 9.17) is 5.26 Å². The Bertz CT molecular complexity index is 392. The first-order valence-corrected chi connectivity index (χ1v) is 5.04. The molecule has 0 aliphatic carbocycles. The molecular formula is C12H13N3O. The summed E-state index contributed by atoms with van der Waals surface area (Å²) in [5.41, 5.74) is 3.51. The molecule has 1 rings (SSSR count). The first-order valence-electron chi connectivity index (χ1n) is 5.04. The Morgan fingerprint density at radius 2 is 2.19 bits per heavy atom. The summed E-state index contributed by atoms with van der Waals surface area (Å²) in [6.07, 6.45) is 3.13. The van der Waals surface area contributed by atoms with Gasteiger partial charge in [-0.25, -0.2) is 5.43 Å². The Kier molecular flexibility index (Phi) is 5.35. The summed E-state index contributed by atoms with van der Waals surface area (Å²) < 4.78 is 0. The van der Waals surface area contributed by atoms with Gasteiger partial charge in [0.1, 0.15) is 6.42 Å². The first-order chi connectivity index (χ1) is 7.83. The molecule has 0 radical (unpaired) electrons. The topological polar surface area (TPSA) is 65.2 Å². The molecule has 0 atom stereocenters. The monoisotopic (exact) mass is 215 g/mol. The maximum absolute atomic E-state index is 10.8.